The molecule has 28 heavy (non-hydrogen) atoms. The van der Waals surface area contributed by atoms with Gasteiger partial charge in [-0.05, 0) is 37.8 Å². The lowest BCUT2D eigenvalue weighted by Crippen LogP contribution is -2.42. The average molecular weight is 383 g/mol. The summed E-state index contributed by atoms with van der Waals surface area (Å²) in [4.78, 5) is 27.3. The first-order valence-electron chi connectivity index (χ1n) is 9.60. The molecule has 1 aromatic carbocycles. The third-order valence-electron chi connectivity index (χ3n) is 5.33. The first kappa shape index (κ1) is 18.5. The molecule has 0 saturated heterocycles. The van der Waals surface area contributed by atoms with Crippen LogP contribution in [-0.2, 0) is 11.3 Å². The van der Waals surface area contributed by atoms with Gasteiger partial charge in [0.2, 0.25) is 11.9 Å². The zero-order chi connectivity index (χ0) is 19.8. The highest BCUT2D eigenvalue weighted by atomic mass is 16.3. The fraction of sp³-hybridized carbons (Fsp3) is 0.450. The SMILES string of the molecule is CN(C)c1nn(CC(=O)N[C@H]2CC[C@H](O)CC2)c(=O)c2cc3ccccc3n12. The second-order valence-corrected chi connectivity index (χ2v) is 7.65. The van der Waals surface area contributed by atoms with Crippen molar-refractivity contribution in [3.8, 4) is 0 Å². The van der Waals surface area contributed by atoms with Gasteiger partial charge in [-0.2, -0.15) is 0 Å². The van der Waals surface area contributed by atoms with Gasteiger partial charge in [-0.1, -0.05) is 18.2 Å². The van der Waals surface area contributed by atoms with Gasteiger partial charge in [0.25, 0.3) is 5.56 Å². The molecular weight excluding hydrogens is 358 g/mol. The molecule has 1 saturated carbocycles. The largest absolute Gasteiger partial charge is 0.393 e. The number of para-hydroxylation sites is 1. The third kappa shape index (κ3) is 3.35. The smallest absolute Gasteiger partial charge is 0.291 e. The number of carbonyl (C=O) groups excluding carboxylic acids is 1. The number of hydrogen-bond donors (Lipinski definition) is 2. The van der Waals surface area contributed by atoms with Gasteiger partial charge in [-0.15, -0.1) is 5.10 Å². The number of aliphatic hydroxyl groups is 1. The molecule has 3 aromatic rings. The minimum absolute atomic E-state index is 0.0412. The number of amides is 1. The van der Waals surface area contributed by atoms with Gasteiger partial charge in [-0.25, -0.2) is 4.68 Å². The third-order valence-corrected chi connectivity index (χ3v) is 5.33. The van der Waals surface area contributed by atoms with E-state index in [1.807, 2.05) is 53.7 Å². The van der Waals surface area contributed by atoms with Crippen LogP contribution in [0.3, 0.4) is 0 Å². The van der Waals surface area contributed by atoms with Crippen LogP contribution in [0.2, 0.25) is 0 Å². The van der Waals surface area contributed by atoms with Crippen molar-refractivity contribution in [3.63, 3.8) is 0 Å². The Bertz CT molecular complexity index is 1080. The molecule has 8 nitrogen and oxygen atoms in total. The highest BCUT2D eigenvalue weighted by Gasteiger charge is 2.22. The molecule has 0 aliphatic heterocycles. The first-order valence-corrected chi connectivity index (χ1v) is 9.60. The number of rotatable bonds is 4. The number of benzene rings is 1. The predicted molar refractivity (Wildman–Crippen MR) is 108 cm³/mol. The monoisotopic (exact) mass is 383 g/mol. The molecule has 0 radical (unpaired) electrons. The minimum Gasteiger partial charge on any atom is -0.393 e. The number of aliphatic hydroxyl groups excluding tert-OH is 1. The summed E-state index contributed by atoms with van der Waals surface area (Å²) in [5.41, 5.74) is 1.10. The Balaban J connectivity index is 1.67. The van der Waals surface area contributed by atoms with Crippen LogP contribution in [-0.4, -0.2) is 51.4 Å². The van der Waals surface area contributed by atoms with Crippen molar-refractivity contribution >= 4 is 28.3 Å². The van der Waals surface area contributed by atoms with Crippen molar-refractivity contribution in [2.45, 2.75) is 44.4 Å². The normalized spacial score (nSPS) is 19.8. The van der Waals surface area contributed by atoms with E-state index in [-0.39, 0.29) is 30.2 Å². The van der Waals surface area contributed by atoms with Crippen molar-refractivity contribution in [1.82, 2.24) is 19.5 Å². The van der Waals surface area contributed by atoms with E-state index in [1.165, 1.54) is 4.68 Å². The van der Waals surface area contributed by atoms with E-state index in [4.69, 9.17) is 0 Å². The Kier molecular flexibility index (Phi) is 4.80. The topological polar surface area (TPSA) is 91.9 Å². The van der Waals surface area contributed by atoms with E-state index in [9.17, 15) is 14.7 Å². The molecule has 8 heteroatoms. The number of fused-ring (bicyclic) bond motifs is 3. The highest BCUT2D eigenvalue weighted by molar-refractivity contribution is 5.88. The van der Waals surface area contributed by atoms with Crippen LogP contribution in [0.15, 0.2) is 35.1 Å². The maximum Gasteiger partial charge on any atom is 0.291 e. The van der Waals surface area contributed by atoms with Crippen LogP contribution in [0, 0.1) is 0 Å². The maximum absolute atomic E-state index is 13.0. The van der Waals surface area contributed by atoms with E-state index in [2.05, 4.69) is 10.4 Å². The van der Waals surface area contributed by atoms with Crippen LogP contribution in [0.25, 0.3) is 16.4 Å². The Labute approximate surface area is 162 Å². The Morgan fingerprint density at radius 3 is 2.64 bits per heavy atom. The second kappa shape index (κ2) is 7.27. The molecule has 148 valence electrons. The molecule has 1 fully saturated rings. The summed E-state index contributed by atoms with van der Waals surface area (Å²) < 4.78 is 3.06. The molecule has 1 aliphatic rings. The lowest BCUT2D eigenvalue weighted by Gasteiger charge is -2.26. The lowest BCUT2D eigenvalue weighted by atomic mass is 9.93. The van der Waals surface area contributed by atoms with E-state index in [1.54, 1.807) is 0 Å². The molecule has 2 heterocycles. The van der Waals surface area contributed by atoms with Crippen LogP contribution < -0.4 is 15.8 Å². The molecule has 2 N–H and O–H groups in total. The van der Waals surface area contributed by atoms with Gasteiger partial charge in [0.05, 0.1) is 11.6 Å². The summed E-state index contributed by atoms with van der Waals surface area (Å²) in [6, 6.07) is 9.63. The molecule has 1 aliphatic carbocycles. The van der Waals surface area contributed by atoms with Crippen molar-refractivity contribution in [2.75, 3.05) is 19.0 Å². The standard InChI is InChI=1S/C20H25N5O3/c1-23(2)20-22-24(12-18(27)21-14-7-9-15(26)10-8-14)19(28)17-11-13-5-3-4-6-16(13)25(17)20/h3-6,11,14-15,26H,7-10,12H2,1-2H3,(H,21,27)/t14-,15-. The first-order chi connectivity index (χ1) is 13.4. The summed E-state index contributed by atoms with van der Waals surface area (Å²) in [6.07, 6.45) is 2.61. The average Bonchev–Trinajstić information content (AvgIpc) is 3.05. The summed E-state index contributed by atoms with van der Waals surface area (Å²) in [6.45, 7) is -0.128. The molecule has 0 atom stereocenters. The number of hydrogen-bond acceptors (Lipinski definition) is 5. The number of aromatic nitrogens is 3. The summed E-state index contributed by atoms with van der Waals surface area (Å²) >= 11 is 0. The van der Waals surface area contributed by atoms with Crippen molar-refractivity contribution in [3.05, 3.63) is 40.7 Å². The molecule has 0 spiro atoms. The van der Waals surface area contributed by atoms with Gasteiger partial charge >= 0.3 is 0 Å². The van der Waals surface area contributed by atoms with E-state index in [0.29, 0.717) is 24.3 Å². The number of anilines is 1. The maximum atomic E-state index is 13.0. The van der Waals surface area contributed by atoms with Crippen molar-refractivity contribution < 1.29 is 9.90 Å². The van der Waals surface area contributed by atoms with Crippen LogP contribution in [0.4, 0.5) is 5.95 Å². The predicted octanol–water partition coefficient (Wildman–Crippen LogP) is 1.13. The van der Waals surface area contributed by atoms with E-state index in [0.717, 1.165) is 23.7 Å². The van der Waals surface area contributed by atoms with Gasteiger partial charge in [0, 0.05) is 25.5 Å². The van der Waals surface area contributed by atoms with Crippen molar-refractivity contribution in [1.29, 1.82) is 0 Å². The minimum atomic E-state index is -0.295. The summed E-state index contributed by atoms with van der Waals surface area (Å²) in [5.74, 6) is 0.352. The quantitative estimate of drug-likeness (QED) is 0.705. The Hall–Kier alpha value is -2.87. The van der Waals surface area contributed by atoms with Crippen molar-refractivity contribution in [2.24, 2.45) is 0 Å². The summed E-state index contributed by atoms with van der Waals surface area (Å²) in [5, 5.41) is 18.0. The molecular formula is C20H25N5O3. The van der Waals surface area contributed by atoms with Gasteiger partial charge in [-0.3, -0.25) is 14.0 Å². The molecule has 2 aromatic heterocycles. The fourth-order valence-corrected chi connectivity index (χ4v) is 3.88. The van der Waals surface area contributed by atoms with Crippen LogP contribution in [0.5, 0.6) is 0 Å². The second-order valence-electron chi connectivity index (χ2n) is 7.65. The number of nitrogens with one attached hydrogen (secondary N) is 1. The number of carbonyl (C=O) groups is 1. The number of nitrogens with zero attached hydrogens (tertiary/aromatic N) is 4. The van der Waals surface area contributed by atoms with Gasteiger partial charge in [0.1, 0.15) is 12.1 Å². The van der Waals surface area contributed by atoms with Gasteiger partial charge in [0.15, 0.2) is 0 Å². The molecule has 1 amide bonds. The summed E-state index contributed by atoms with van der Waals surface area (Å²) in [7, 11) is 3.72. The zero-order valence-electron chi connectivity index (χ0n) is 16.1. The fourth-order valence-electron chi connectivity index (χ4n) is 3.88. The molecule has 4 rings (SSSR count). The van der Waals surface area contributed by atoms with E-state index >= 15 is 0 Å². The van der Waals surface area contributed by atoms with E-state index < -0.39 is 0 Å². The molecule has 0 bridgehead atoms. The highest BCUT2D eigenvalue weighted by Crippen LogP contribution is 2.22. The lowest BCUT2D eigenvalue weighted by molar-refractivity contribution is -0.123. The van der Waals surface area contributed by atoms with Crippen LogP contribution >= 0.6 is 0 Å². The van der Waals surface area contributed by atoms with Gasteiger partial charge < -0.3 is 15.3 Å². The Morgan fingerprint density at radius 2 is 1.93 bits per heavy atom. The van der Waals surface area contributed by atoms with Crippen LogP contribution in [0.1, 0.15) is 25.7 Å². The molecule has 0 unspecified atom stereocenters. The Morgan fingerprint density at radius 1 is 1.21 bits per heavy atom. The zero-order valence-corrected chi connectivity index (χ0v) is 16.1.